The number of rotatable bonds is 17. The Bertz CT molecular complexity index is 3280. The molecule has 0 spiro atoms. The molecule has 1 aliphatic heterocycles. The number of piperazine rings is 1. The fourth-order valence-electron chi connectivity index (χ4n) is 9.40. The minimum Gasteiger partial charge on any atom is -0.448 e. The van der Waals surface area contributed by atoms with Gasteiger partial charge in [0.2, 0.25) is 5.91 Å². The van der Waals surface area contributed by atoms with Crippen molar-refractivity contribution in [2.24, 2.45) is 0 Å². The Hall–Kier alpha value is -8.45. The van der Waals surface area contributed by atoms with Gasteiger partial charge in [0.05, 0.1) is 29.9 Å². The molecule has 2 N–H and O–H groups in total. The van der Waals surface area contributed by atoms with Gasteiger partial charge >= 0.3 is 12.5 Å². The van der Waals surface area contributed by atoms with E-state index in [2.05, 4.69) is 25.2 Å². The van der Waals surface area contributed by atoms with Gasteiger partial charge in [-0.2, -0.15) is 5.10 Å². The Balaban J connectivity index is 0.823. The summed E-state index contributed by atoms with van der Waals surface area (Å²) in [7, 11) is 0. The molecule has 7 aromatic rings. The lowest BCUT2D eigenvalue weighted by Crippen LogP contribution is -2.53. The van der Waals surface area contributed by atoms with E-state index in [0.29, 0.717) is 39.6 Å². The van der Waals surface area contributed by atoms with E-state index in [0.717, 1.165) is 33.9 Å². The van der Waals surface area contributed by atoms with Gasteiger partial charge in [-0.25, -0.2) is 19.3 Å². The first kappa shape index (κ1) is 51.5. The molecule has 0 atom stereocenters. The highest BCUT2D eigenvalue weighted by Crippen LogP contribution is 2.44. The molecule has 9 rings (SSSR count). The van der Waals surface area contributed by atoms with Crippen LogP contribution in [-0.2, 0) is 27.1 Å². The van der Waals surface area contributed by atoms with E-state index in [4.69, 9.17) is 9.47 Å². The molecule has 1 aliphatic carbocycles. The number of carbonyl (C=O) groups is 4. The van der Waals surface area contributed by atoms with E-state index in [1.165, 1.54) is 33.0 Å². The lowest BCUT2D eigenvalue weighted by molar-refractivity contribution is -0.274. The molecule has 1 fully saturated rings. The van der Waals surface area contributed by atoms with Crippen molar-refractivity contribution in [3.63, 3.8) is 0 Å². The number of aromatic nitrogens is 3. The molecule has 0 bridgehead atoms. The normalized spacial score (nSPS) is 13.3. The number of hydrogen-bond donors (Lipinski definition) is 2. The van der Waals surface area contributed by atoms with Gasteiger partial charge < -0.3 is 29.3 Å². The van der Waals surface area contributed by atoms with Crippen LogP contribution in [0.3, 0.4) is 0 Å². The predicted molar refractivity (Wildman–Crippen MR) is 270 cm³/mol. The van der Waals surface area contributed by atoms with Gasteiger partial charge in [0, 0.05) is 68.8 Å². The van der Waals surface area contributed by atoms with Crippen LogP contribution < -0.4 is 15.6 Å². The zero-order valence-corrected chi connectivity index (χ0v) is 40.7. The summed E-state index contributed by atoms with van der Waals surface area (Å²) in [5.74, 6) is -3.70. The average Bonchev–Trinajstić information content (AvgIpc) is 3.75. The maximum absolute atomic E-state index is 15.3. The number of amides is 4. The van der Waals surface area contributed by atoms with Crippen LogP contribution in [0.4, 0.5) is 22.4 Å². The fraction of sp³-hybridized carbons (Fsp3) is 0.268. The smallest absolute Gasteiger partial charge is 0.448 e. The van der Waals surface area contributed by atoms with Crippen LogP contribution in [0.1, 0.15) is 61.6 Å². The summed E-state index contributed by atoms with van der Waals surface area (Å²) in [5, 5.41) is 10.3. The standard InChI is InChI=1S/C56H51F4N7O8/c1-2-35-10-9-11-37(28-35)38-31-49(75-56(58,59)60)51(62-32-38)53(70)61-20-26-73-27-25-67(55(72)74-34-46-41-14-5-3-12-39(41)40-13-4-6-15-42(40)46)33-50(68)65-21-23-66(24-22-65)54(71)45-29-36(18-19-47(45)57)30-48-43-16-7-8-17-44(43)52(69)64-63-48/h3-19,28-29,31-32,46H,2,20-27,30,33-34H2,1H3,(H,61,70)(H,64,69). The second-order valence-electron chi connectivity index (χ2n) is 18.0. The summed E-state index contributed by atoms with van der Waals surface area (Å²) >= 11 is 0. The van der Waals surface area contributed by atoms with Gasteiger partial charge in [0.15, 0.2) is 11.4 Å². The van der Waals surface area contributed by atoms with Gasteiger partial charge in [-0.05, 0) is 69.6 Å². The number of fused-ring (bicyclic) bond motifs is 4. The highest BCUT2D eigenvalue weighted by Gasteiger charge is 2.35. The molecule has 0 radical (unpaired) electrons. The quantitative estimate of drug-likeness (QED) is 0.0669. The number of ether oxygens (including phenoxy) is 3. The van der Waals surface area contributed by atoms with Crippen molar-refractivity contribution >= 4 is 34.6 Å². The van der Waals surface area contributed by atoms with E-state index < -0.39 is 54.0 Å². The molecule has 4 amide bonds. The molecule has 5 aromatic carbocycles. The molecule has 2 aliphatic rings. The van der Waals surface area contributed by atoms with Gasteiger partial charge in [-0.15, -0.1) is 13.2 Å². The molecule has 15 nitrogen and oxygen atoms in total. The lowest BCUT2D eigenvalue weighted by atomic mass is 9.98. The topological polar surface area (TPSA) is 176 Å². The number of alkyl halides is 3. The summed E-state index contributed by atoms with van der Waals surface area (Å²) in [4.78, 5) is 75.3. The lowest BCUT2D eigenvalue weighted by Gasteiger charge is -2.36. The number of pyridine rings is 1. The van der Waals surface area contributed by atoms with Crippen molar-refractivity contribution in [2.45, 2.75) is 32.0 Å². The van der Waals surface area contributed by atoms with Crippen molar-refractivity contribution in [3.05, 3.63) is 183 Å². The first-order valence-corrected chi connectivity index (χ1v) is 24.4. The zero-order valence-electron chi connectivity index (χ0n) is 40.7. The number of benzene rings is 5. The Morgan fingerprint density at radius 3 is 2.20 bits per heavy atom. The van der Waals surface area contributed by atoms with Crippen molar-refractivity contribution in [1.29, 1.82) is 0 Å². The van der Waals surface area contributed by atoms with Crippen molar-refractivity contribution in [2.75, 3.05) is 65.6 Å². The molecular formula is C56H51F4N7O8. The SMILES string of the molecule is CCc1cccc(-c2cnc(C(=O)NCCOCCN(CC(=O)N3CCN(C(=O)c4cc(Cc5n[nH]c(=O)c6ccccc56)ccc4F)CC3)C(=O)OCC3c4ccccc4-c4ccccc43)c(OC(F)(F)F)c2)c1. The number of nitrogens with one attached hydrogen (secondary N) is 2. The second kappa shape index (κ2) is 22.8. The highest BCUT2D eigenvalue weighted by atomic mass is 19.4. The molecule has 0 unspecified atom stereocenters. The van der Waals surface area contributed by atoms with Crippen LogP contribution in [0.2, 0.25) is 0 Å². The number of halogens is 4. The molecule has 386 valence electrons. The number of hydrogen-bond acceptors (Lipinski definition) is 10. The molecule has 2 aromatic heterocycles. The van der Waals surface area contributed by atoms with Crippen LogP contribution in [0.5, 0.6) is 5.75 Å². The Morgan fingerprint density at radius 2 is 1.48 bits per heavy atom. The number of nitrogens with zero attached hydrogens (tertiary/aromatic N) is 5. The van der Waals surface area contributed by atoms with Gasteiger partial charge in [0.1, 0.15) is 19.0 Å². The Morgan fingerprint density at radius 1 is 0.787 bits per heavy atom. The third kappa shape index (κ3) is 12.0. The number of carbonyl (C=O) groups excluding carboxylic acids is 4. The first-order chi connectivity index (χ1) is 36.2. The average molecular weight is 1030 g/mol. The number of H-pyrrole nitrogens is 1. The first-order valence-electron chi connectivity index (χ1n) is 24.4. The van der Waals surface area contributed by atoms with E-state index in [1.54, 1.807) is 42.5 Å². The van der Waals surface area contributed by atoms with Crippen LogP contribution in [-0.4, -0.2) is 126 Å². The van der Waals surface area contributed by atoms with Crippen LogP contribution in [0, 0.1) is 5.82 Å². The van der Waals surface area contributed by atoms with Crippen molar-refractivity contribution in [3.8, 4) is 28.0 Å². The van der Waals surface area contributed by atoms with Crippen LogP contribution >= 0.6 is 0 Å². The maximum Gasteiger partial charge on any atom is 0.573 e. The van der Waals surface area contributed by atoms with Gasteiger partial charge in [-0.3, -0.25) is 24.1 Å². The molecule has 3 heterocycles. The molecular weight excluding hydrogens is 975 g/mol. The van der Waals surface area contributed by atoms with Crippen molar-refractivity contribution < 1.29 is 51.0 Å². The van der Waals surface area contributed by atoms with E-state index in [9.17, 15) is 37.1 Å². The Kier molecular flexibility index (Phi) is 15.6. The summed E-state index contributed by atoms with van der Waals surface area (Å²) in [6.07, 6.45) is -3.68. The minimum absolute atomic E-state index is 0.0267. The van der Waals surface area contributed by atoms with E-state index in [-0.39, 0.29) is 82.6 Å². The Labute approximate surface area is 428 Å². The van der Waals surface area contributed by atoms with E-state index >= 15 is 4.39 Å². The van der Waals surface area contributed by atoms with Crippen LogP contribution in [0.25, 0.3) is 33.0 Å². The molecule has 1 saturated heterocycles. The highest BCUT2D eigenvalue weighted by molar-refractivity contribution is 5.96. The second-order valence-corrected chi connectivity index (χ2v) is 18.0. The molecule has 75 heavy (non-hydrogen) atoms. The molecule has 19 heteroatoms. The monoisotopic (exact) mass is 1030 g/mol. The zero-order chi connectivity index (χ0) is 52.6. The molecule has 0 saturated carbocycles. The van der Waals surface area contributed by atoms with Crippen molar-refractivity contribution in [1.82, 2.24) is 35.2 Å². The summed E-state index contributed by atoms with van der Waals surface area (Å²) in [5.41, 5.74) is 5.99. The number of aromatic amines is 1. The van der Waals surface area contributed by atoms with Gasteiger partial charge in [0.25, 0.3) is 17.4 Å². The summed E-state index contributed by atoms with van der Waals surface area (Å²) in [6, 6.07) is 35.2. The predicted octanol–water partition coefficient (Wildman–Crippen LogP) is 8.16. The summed E-state index contributed by atoms with van der Waals surface area (Å²) in [6.45, 7) is 1.31. The van der Waals surface area contributed by atoms with Crippen LogP contribution in [0.15, 0.2) is 132 Å². The summed E-state index contributed by atoms with van der Waals surface area (Å²) < 4.78 is 71.7. The largest absolute Gasteiger partial charge is 0.573 e. The maximum atomic E-state index is 15.3. The third-order valence-electron chi connectivity index (χ3n) is 13.2. The van der Waals surface area contributed by atoms with Gasteiger partial charge in [-0.1, -0.05) is 104 Å². The number of aryl methyl sites for hydroxylation is 1. The van der Waals surface area contributed by atoms with E-state index in [1.807, 2.05) is 67.6 Å². The fourth-order valence-corrected chi connectivity index (χ4v) is 9.40. The third-order valence-corrected chi connectivity index (χ3v) is 13.2. The minimum atomic E-state index is -5.10.